The molecule has 2 aromatic rings. The van der Waals surface area contributed by atoms with Crippen molar-refractivity contribution in [2.75, 3.05) is 36.5 Å². The Hall–Kier alpha value is -2.71. The molecular formula is C25H31N3O4S. The van der Waals surface area contributed by atoms with Gasteiger partial charge in [-0.1, -0.05) is 24.1 Å². The van der Waals surface area contributed by atoms with Crippen molar-refractivity contribution >= 4 is 33.2 Å². The summed E-state index contributed by atoms with van der Waals surface area (Å²) < 4.78 is 27.8. The standard InChI is InChI=1S/C25H31N3O4S/c1-19-9-11-21(12-10-19)26(2)25(30)18-28-23-14-13-22(17-20(23)7-6-8-24(28)29)33(31,32)27-15-4-3-5-16-27/h9-14,17H,3-8,15-16,18H2,1-2H3. The average molecular weight is 470 g/mol. The minimum absolute atomic E-state index is 0.0889. The van der Waals surface area contributed by atoms with Crippen molar-refractivity contribution in [3.63, 3.8) is 0 Å². The first-order valence-electron chi connectivity index (χ1n) is 11.5. The van der Waals surface area contributed by atoms with Crippen LogP contribution in [0.4, 0.5) is 11.4 Å². The molecule has 1 saturated heterocycles. The van der Waals surface area contributed by atoms with Gasteiger partial charge in [0, 0.05) is 37.9 Å². The van der Waals surface area contributed by atoms with Crippen LogP contribution >= 0.6 is 0 Å². The smallest absolute Gasteiger partial charge is 0.246 e. The van der Waals surface area contributed by atoms with Crippen LogP contribution in [-0.4, -0.2) is 51.2 Å². The van der Waals surface area contributed by atoms with Gasteiger partial charge in [-0.25, -0.2) is 8.42 Å². The van der Waals surface area contributed by atoms with Crippen LogP contribution in [0.5, 0.6) is 0 Å². The molecule has 0 bridgehead atoms. The van der Waals surface area contributed by atoms with E-state index in [1.807, 2.05) is 31.2 Å². The quantitative estimate of drug-likeness (QED) is 0.672. The zero-order chi connectivity index (χ0) is 23.6. The summed E-state index contributed by atoms with van der Waals surface area (Å²) in [6, 6.07) is 12.6. The van der Waals surface area contributed by atoms with E-state index in [9.17, 15) is 18.0 Å². The van der Waals surface area contributed by atoms with E-state index in [1.165, 1.54) is 4.90 Å². The van der Waals surface area contributed by atoms with Crippen LogP contribution in [0.25, 0.3) is 0 Å². The summed E-state index contributed by atoms with van der Waals surface area (Å²) in [7, 11) is -1.86. The van der Waals surface area contributed by atoms with Gasteiger partial charge in [0.2, 0.25) is 21.8 Å². The van der Waals surface area contributed by atoms with Crippen LogP contribution < -0.4 is 9.80 Å². The molecule has 0 unspecified atom stereocenters. The second kappa shape index (κ2) is 9.65. The third-order valence-corrected chi connectivity index (χ3v) is 8.42. The van der Waals surface area contributed by atoms with Crippen molar-refractivity contribution in [2.45, 2.75) is 50.3 Å². The molecule has 0 aliphatic carbocycles. The first-order valence-corrected chi connectivity index (χ1v) is 13.0. The van der Waals surface area contributed by atoms with Crippen molar-refractivity contribution in [1.29, 1.82) is 0 Å². The second-order valence-electron chi connectivity index (χ2n) is 8.88. The monoisotopic (exact) mass is 469 g/mol. The van der Waals surface area contributed by atoms with Crippen LogP contribution in [0.2, 0.25) is 0 Å². The number of sulfonamides is 1. The number of carbonyl (C=O) groups excluding carboxylic acids is 2. The summed E-state index contributed by atoms with van der Waals surface area (Å²) >= 11 is 0. The van der Waals surface area contributed by atoms with Crippen LogP contribution in [0, 0.1) is 6.92 Å². The first-order chi connectivity index (χ1) is 15.8. The molecule has 2 aromatic carbocycles. The number of carbonyl (C=O) groups is 2. The third kappa shape index (κ3) is 4.96. The first kappa shape index (κ1) is 23.4. The molecule has 7 nitrogen and oxygen atoms in total. The Bertz CT molecular complexity index is 1140. The van der Waals surface area contributed by atoms with Crippen molar-refractivity contribution in [3.05, 3.63) is 53.6 Å². The van der Waals surface area contributed by atoms with Crippen molar-refractivity contribution in [2.24, 2.45) is 0 Å². The van der Waals surface area contributed by atoms with E-state index in [-0.39, 0.29) is 23.3 Å². The zero-order valence-corrected chi connectivity index (χ0v) is 20.1. The maximum atomic E-state index is 13.1. The van der Waals surface area contributed by atoms with Gasteiger partial charge in [-0.15, -0.1) is 0 Å². The number of anilines is 2. The van der Waals surface area contributed by atoms with Crippen molar-refractivity contribution < 1.29 is 18.0 Å². The molecular weight excluding hydrogens is 438 g/mol. The lowest BCUT2D eigenvalue weighted by atomic mass is 10.1. The minimum atomic E-state index is -3.56. The molecule has 33 heavy (non-hydrogen) atoms. The SMILES string of the molecule is Cc1ccc(N(C)C(=O)CN2C(=O)CCCc3cc(S(=O)(=O)N4CCCCC4)ccc32)cc1. The van der Waals surface area contributed by atoms with Crippen LogP contribution in [-0.2, 0) is 26.0 Å². The van der Waals surface area contributed by atoms with E-state index in [1.54, 1.807) is 34.5 Å². The number of rotatable bonds is 5. The fourth-order valence-electron chi connectivity index (χ4n) is 4.47. The molecule has 0 atom stereocenters. The van der Waals surface area contributed by atoms with E-state index in [0.29, 0.717) is 38.0 Å². The number of fused-ring (bicyclic) bond motifs is 1. The van der Waals surface area contributed by atoms with Crippen molar-refractivity contribution in [1.82, 2.24) is 4.31 Å². The average Bonchev–Trinajstić information content (AvgIpc) is 2.97. The Morgan fingerprint density at radius 1 is 0.970 bits per heavy atom. The molecule has 4 rings (SSSR count). The summed E-state index contributed by atoms with van der Waals surface area (Å²) in [5, 5.41) is 0. The maximum Gasteiger partial charge on any atom is 0.246 e. The molecule has 2 amide bonds. The maximum absolute atomic E-state index is 13.1. The molecule has 2 aliphatic heterocycles. The number of hydrogen-bond donors (Lipinski definition) is 0. The summed E-state index contributed by atoms with van der Waals surface area (Å²) in [5.41, 5.74) is 3.29. The van der Waals surface area contributed by atoms with E-state index in [2.05, 4.69) is 0 Å². The number of benzene rings is 2. The zero-order valence-electron chi connectivity index (χ0n) is 19.3. The number of likely N-dealkylation sites (N-methyl/N-ethyl adjacent to an activating group) is 1. The van der Waals surface area contributed by atoms with E-state index in [4.69, 9.17) is 0 Å². The Balaban J connectivity index is 1.59. The summed E-state index contributed by atoms with van der Waals surface area (Å²) in [5.74, 6) is -0.323. The molecule has 2 aliphatic rings. The number of aryl methyl sites for hydroxylation is 2. The van der Waals surface area contributed by atoms with Gasteiger partial charge in [0.15, 0.2) is 0 Å². The van der Waals surface area contributed by atoms with Crippen LogP contribution in [0.1, 0.15) is 43.2 Å². The van der Waals surface area contributed by atoms with Gasteiger partial charge in [0.1, 0.15) is 6.54 Å². The highest BCUT2D eigenvalue weighted by Crippen LogP contribution is 2.31. The van der Waals surface area contributed by atoms with Crippen LogP contribution in [0.3, 0.4) is 0 Å². The largest absolute Gasteiger partial charge is 0.314 e. The predicted molar refractivity (Wildman–Crippen MR) is 129 cm³/mol. The molecule has 0 saturated carbocycles. The summed E-state index contributed by atoms with van der Waals surface area (Å²) in [6.45, 7) is 2.99. The molecule has 2 heterocycles. The summed E-state index contributed by atoms with van der Waals surface area (Å²) in [6.07, 6.45) is 4.36. The number of amides is 2. The number of hydrogen-bond acceptors (Lipinski definition) is 4. The fourth-order valence-corrected chi connectivity index (χ4v) is 6.03. The third-order valence-electron chi connectivity index (χ3n) is 6.52. The lowest BCUT2D eigenvalue weighted by molar-refractivity contribution is -0.122. The number of piperidine rings is 1. The molecule has 176 valence electrons. The van der Waals surface area contributed by atoms with Gasteiger partial charge < -0.3 is 9.80 Å². The molecule has 0 radical (unpaired) electrons. The molecule has 0 spiro atoms. The van der Waals surface area contributed by atoms with E-state index < -0.39 is 10.0 Å². The molecule has 8 heteroatoms. The van der Waals surface area contributed by atoms with Gasteiger partial charge in [0.05, 0.1) is 4.90 Å². The minimum Gasteiger partial charge on any atom is -0.314 e. The Labute approximate surface area is 196 Å². The summed E-state index contributed by atoms with van der Waals surface area (Å²) in [4.78, 5) is 29.2. The normalized spacial score (nSPS) is 17.4. The van der Waals surface area contributed by atoms with Crippen molar-refractivity contribution in [3.8, 4) is 0 Å². The lowest BCUT2D eigenvalue weighted by Gasteiger charge is -2.28. The van der Waals surface area contributed by atoms with Gasteiger partial charge >= 0.3 is 0 Å². The van der Waals surface area contributed by atoms with E-state index >= 15 is 0 Å². The highest BCUT2D eigenvalue weighted by atomic mass is 32.2. The second-order valence-corrected chi connectivity index (χ2v) is 10.8. The highest BCUT2D eigenvalue weighted by Gasteiger charge is 2.30. The predicted octanol–water partition coefficient (Wildman–Crippen LogP) is 3.50. The molecule has 1 fully saturated rings. The molecule has 0 N–H and O–H groups in total. The van der Waals surface area contributed by atoms with Gasteiger partial charge in [-0.3, -0.25) is 9.59 Å². The van der Waals surface area contributed by atoms with Gasteiger partial charge in [0.25, 0.3) is 0 Å². The fraction of sp³-hybridized carbons (Fsp3) is 0.440. The topological polar surface area (TPSA) is 78.0 Å². The molecule has 0 aromatic heterocycles. The Kier molecular flexibility index (Phi) is 6.86. The van der Waals surface area contributed by atoms with Gasteiger partial charge in [-0.2, -0.15) is 4.31 Å². The van der Waals surface area contributed by atoms with Gasteiger partial charge in [-0.05, 0) is 68.5 Å². The van der Waals surface area contributed by atoms with Crippen LogP contribution in [0.15, 0.2) is 47.4 Å². The number of nitrogens with zero attached hydrogens (tertiary/aromatic N) is 3. The Morgan fingerprint density at radius 3 is 2.36 bits per heavy atom. The highest BCUT2D eigenvalue weighted by molar-refractivity contribution is 7.89. The van der Waals surface area contributed by atoms with E-state index in [0.717, 1.165) is 36.1 Å². The Morgan fingerprint density at radius 2 is 1.67 bits per heavy atom. The lowest BCUT2D eigenvalue weighted by Crippen LogP contribution is -2.41.